The highest BCUT2D eigenvalue weighted by molar-refractivity contribution is 7.98. The highest BCUT2D eigenvalue weighted by atomic mass is 32.2. The van der Waals surface area contributed by atoms with Crippen molar-refractivity contribution in [2.75, 3.05) is 5.73 Å². The van der Waals surface area contributed by atoms with Crippen molar-refractivity contribution in [2.24, 2.45) is 0 Å². The van der Waals surface area contributed by atoms with E-state index in [4.69, 9.17) is 5.73 Å². The van der Waals surface area contributed by atoms with E-state index in [0.29, 0.717) is 0 Å². The van der Waals surface area contributed by atoms with Crippen molar-refractivity contribution in [2.45, 2.75) is 10.8 Å². The fourth-order valence-electron chi connectivity index (χ4n) is 1.14. The topological polar surface area (TPSA) is 51.8 Å². The molecule has 0 fully saturated rings. The summed E-state index contributed by atoms with van der Waals surface area (Å²) in [5.41, 5.74) is 7.65. The molecule has 0 aliphatic carbocycles. The maximum Gasteiger partial charge on any atom is 0.116 e. The molecule has 1 aromatic heterocycles. The normalized spacial score (nSPS) is 10.1. The number of benzene rings is 1. The van der Waals surface area contributed by atoms with Crippen molar-refractivity contribution in [1.82, 2.24) is 9.97 Å². The summed E-state index contributed by atoms with van der Waals surface area (Å²) in [4.78, 5) is 8.01. The second-order valence-electron chi connectivity index (χ2n) is 3.08. The van der Waals surface area contributed by atoms with Crippen LogP contribution in [-0.2, 0) is 5.75 Å². The molecule has 1 aromatic carbocycles. The molecule has 0 saturated heterocycles. The number of thioether (sulfide) groups is 1. The van der Waals surface area contributed by atoms with Crippen molar-refractivity contribution >= 4 is 17.4 Å². The van der Waals surface area contributed by atoms with Gasteiger partial charge in [-0.3, -0.25) is 0 Å². The zero-order valence-electron chi connectivity index (χ0n) is 8.13. The van der Waals surface area contributed by atoms with Gasteiger partial charge < -0.3 is 5.73 Å². The van der Waals surface area contributed by atoms with E-state index in [2.05, 4.69) is 9.97 Å². The van der Waals surface area contributed by atoms with Crippen LogP contribution in [0.3, 0.4) is 0 Å². The third-order valence-corrected chi connectivity index (χ3v) is 2.94. The van der Waals surface area contributed by atoms with Gasteiger partial charge in [-0.05, 0) is 23.8 Å². The van der Waals surface area contributed by atoms with E-state index in [1.54, 1.807) is 24.3 Å². The average molecular weight is 217 g/mol. The molecular formula is C11H11N3S. The van der Waals surface area contributed by atoms with Gasteiger partial charge in [0.2, 0.25) is 0 Å². The summed E-state index contributed by atoms with van der Waals surface area (Å²) in [5, 5.41) is 0.988. The van der Waals surface area contributed by atoms with E-state index in [1.807, 2.05) is 30.3 Å². The van der Waals surface area contributed by atoms with Crippen LogP contribution in [0.15, 0.2) is 47.9 Å². The predicted molar refractivity (Wildman–Crippen MR) is 62.4 cm³/mol. The molecule has 0 aliphatic heterocycles. The third-order valence-electron chi connectivity index (χ3n) is 1.92. The van der Waals surface area contributed by atoms with Gasteiger partial charge in [-0.15, -0.1) is 11.8 Å². The van der Waals surface area contributed by atoms with Gasteiger partial charge in [-0.2, -0.15) is 0 Å². The van der Waals surface area contributed by atoms with Crippen molar-refractivity contribution in [1.29, 1.82) is 0 Å². The summed E-state index contributed by atoms with van der Waals surface area (Å²) >= 11 is 1.69. The minimum Gasteiger partial charge on any atom is -0.399 e. The van der Waals surface area contributed by atoms with Crippen molar-refractivity contribution in [3.8, 4) is 0 Å². The number of nitrogens with zero attached hydrogens (tertiary/aromatic N) is 2. The number of hydrogen-bond acceptors (Lipinski definition) is 4. The molecule has 0 bridgehead atoms. The molecule has 2 aromatic rings. The molecule has 0 aliphatic rings. The van der Waals surface area contributed by atoms with E-state index in [0.717, 1.165) is 16.5 Å². The number of hydrogen-bond donors (Lipinski definition) is 1. The fourth-order valence-corrected chi connectivity index (χ4v) is 1.92. The largest absolute Gasteiger partial charge is 0.399 e. The maximum atomic E-state index is 5.61. The van der Waals surface area contributed by atoms with Crippen molar-refractivity contribution < 1.29 is 0 Å². The SMILES string of the molecule is Nc1ccc(CSc2ccncn2)cc1. The van der Waals surface area contributed by atoms with Crippen LogP contribution >= 0.6 is 11.8 Å². The van der Waals surface area contributed by atoms with Crippen molar-refractivity contribution in [3.63, 3.8) is 0 Å². The Morgan fingerprint density at radius 3 is 2.60 bits per heavy atom. The Bertz CT molecular complexity index is 414. The Balaban J connectivity index is 1.96. The van der Waals surface area contributed by atoms with Gasteiger partial charge >= 0.3 is 0 Å². The van der Waals surface area contributed by atoms with Crippen LogP contribution in [0.1, 0.15) is 5.56 Å². The molecule has 2 rings (SSSR count). The summed E-state index contributed by atoms with van der Waals surface area (Å²) in [7, 11) is 0. The zero-order chi connectivity index (χ0) is 10.5. The lowest BCUT2D eigenvalue weighted by Gasteiger charge is -2.01. The highest BCUT2D eigenvalue weighted by Crippen LogP contribution is 2.20. The molecule has 3 nitrogen and oxygen atoms in total. The fraction of sp³-hybridized carbons (Fsp3) is 0.0909. The first kappa shape index (κ1) is 9.98. The molecule has 0 unspecified atom stereocenters. The van der Waals surface area contributed by atoms with Crippen LogP contribution in [0.2, 0.25) is 0 Å². The summed E-state index contributed by atoms with van der Waals surface area (Å²) in [5.74, 6) is 0.900. The van der Waals surface area contributed by atoms with Gasteiger partial charge in [0.15, 0.2) is 0 Å². The molecule has 2 N–H and O–H groups in total. The first-order valence-corrected chi connectivity index (χ1v) is 5.56. The molecule has 15 heavy (non-hydrogen) atoms. The molecular weight excluding hydrogens is 206 g/mol. The molecule has 4 heteroatoms. The number of aromatic nitrogens is 2. The lowest BCUT2D eigenvalue weighted by atomic mass is 10.2. The van der Waals surface area contributed by atoms with Gasteiger partial charge in [-0.1, -0.05) is 12.1 Å². The zero-order valence-corrected chi connectivity index (χ0v) is 8.95. The maximum absolute atomic E-state index is 5.61. The molecule has 0 radical (unpaired) electrons. The Kier molecular flexibility index (Phi) is 3.19. The average Bonchev–Trinajstić information content (AvgIpc) is 2.30. The number of nitrogens with two attached hydrogens (primary N) is 1. The van der Waals surface area contributed by atoms with Crippen LogP contribution < -0.4 is 5.73 Å². The smallest absolute Gasteiger partial charge is 0.116 e. The minimum absolute atomic E-state index is 0.797. The Morgan fingerprint density at radius 1 is 1.13 bits per heavy atom. The van der Waals surface area contributed by atoms with Crippen molar-refractivity contribution in [3.05, 3.63) is 48.4 Å². The van der Waals surface area contributed by atoms with E-state index in [-0.39, 0.29) is 0 Å². The van der Waals surface area contributed by atoms with Gasteiger partial charge in [-0.25, -0.2) is 9.97 Å². The first-order valence-electron chi connectivity index (χ1n) is 4.58. The molecule has 0 atom stereocenters. The second kappa shape index (κ2) is 4.79. The van der Waals surface area contributed by atoms with Gasteiger partial charge in [0, 0.05) is 17.6 Å². The summed E-state index contributed by atoms with van der Waals surface area (Å²) < 4.78 is 0. The minimum atomic E-state index is 0.797. The molecule has 1 heterocycles. The third kappa shape index (κ3) is 2.95. The first-order chi connectivity index (χ1) is 7.34. The molecule has 0 amide bonds. The monoisotopic (exact) mass is 217 g/mol. The standard InChI is InChI=1S/C11H11N3S/c12-10-3-1-9(2-4-10)7-15-11-5-6-13-8-14-11/h1-6,8H,7,12H2. The quantitative estimate of drug-likeness (QED) is 0.487. The summed E-state index contributed by atoms with van der Waals surface area (Å²) in [6.45, 7) is 0. The Labute approximate surface area is 92.8 Å². The molecule has 0 spiro atoms. The van der Waals surface area contributed by atoms with Crippen LogP contribution in [-0.4, -0.2) is 9.97 Å². The second-order valence-corrected chi connectivity index (χ2v) is 4.07. The van der Waals surface area contributed by atoms with E-state index in [9.17, 15) is 0 Å². The van der Waals surface area contributed by atoms with Gasteiger partial charge in [0.25, 0.3) is 0 Å². The van der Waals surface area contributed by atoms with Gasteiger partial charge in [0.05, 0.1) is 5.03 Å². The Morgan fingerprint density at radius 2 is 1.93 bits per heavy atom. The summed E-state index contributed by atoms with van der Waals surface area (Å²) in [6, 6.07) is 9.79. The van der Waals surface area contributed by atoms with E-state index in [1.165, 1.54) is 5.56 Å². The van der Waals surface area contributed by atoms with E-state index >= 15 is 0 Å². The molecule has 0 saturated carbocycles. The van der Waals surface area contributed by atoms with Crippen LogP contribution in [0, 0.1) is 0 Å². The highest BCUT2D eigenvalue weighted by Gasteiger charge is 1.96. The number of anilines is 1. The van der Waals surface area contributed by atoms with Crippen LogP contribution in [0.25, 0.3) is 0 Å². The number of nitrogen functional groups attached to an aromatic ring is 1. The number of rotatable bonds is 3. The lowest BCUT2D eigenvalue weighted by molar-refractivity contribution is 1.05. The Hall–Kier alpha value is -1.55. The van der Waals surface area contributed by atoms with Crippen LogP contribution in [0.5, 0.6) is 0 Å². The predicted octanol–water partition coefficient (Wildman–Crippen LogP) is 2.35. The lowest BCUT2D eigenvalue weighted by Crippen LogP contribution is -1.86. The summed E-state index contributed by atoms with van der Waals surface area (Å²) in [6.07, 6.45) is 3.31. The van der Waals surface area contributed by atoms with E-state index < -0.39 is 0 Å². The molecule has 76 valence electrons. The van der Waals surface area contributed by atoms with Gasteiger partial charge in [0.1, 0.15) is 6.33 Å². The van der Waals surface area contributed by atoms with Crippen LogP contribution in [0.4, 0.5) is 5.69 Å².